The molecular weight excluding hydrogens is 218 g/mol. The molecule has 1 aliphatic rings. The normalized spacial score (nSPS) is 15.4. The number of hydrazine groups is 1. The van der Waals surface area contributed by atoms with Gasteiger partial charge in [-0.3, -0.25) is 4.98 Å². The lowest BCUT2D eigenvalue weighted by atomic mass is 10.1. The fourth-order valence-corrected chi connectivity index (χ4v) is 1.91. The first kappa shape index (κ1) is 10.0. The van der Waals surface area contributed by atoms with E-state index >= 15 is 0 Å². The van der Waals surface area contributed by atoms with Crippen molar-refractivity contribution in [2.45, 2.75) is 0 Å². The Morgan fingerprint density at radius 3 is 3.24 bits per heavy atom. The standard InChI is InChI=1S/C12H11N3O2/c1-15-11-6-10-8(3-2-4-13-10)5-9(11)12(16)17-7-14-15/h2-6,14H,7H2,1H3. The first-order valence-corrected chi connectivity index (χ1v) is 5.29. The van der Waals surface area contributed by atoms with Crippen molar-refractivity contribution in [2.75, 3.05) is 18.8 Å². The molecule has 0 radical (unpaired) electrons. The van der Waals surface area contributed by atoms with Crippen molar-refractivity contribution in [3.05, 3.63) is 36.0 Å². The zero-order valence-electron chi connectivity index (χ0n) is 9.30. The Hall–Kier alpha value is -2.14. The molecule has 1 N–H and O–H groups in total. The Kier molecular flexibility index (Phi) is 2.19. The second-order valence-electron chi connectivity index (χ2n) is 3.86. The van der Waals surface area contributed by atoms with Gasteiger partial charge in [0.15, 0.2) is 6.73 Å². The average molecular weight is 229 g/mol. The fourth-order valence-electron chi connectivity index (χ4n) is 1.91. The molecule has 0 amide bonds. The summed E-state index contributed by atoms with van der Waals surface area (Å²) in [6.07, 6.45) is 1.73. The minimum absolute atomic E-state index is 0.174. The van der Waals surface area contributed by atoms with Crippen molar-refractivity contribution in [1.82, 2.24) is 10.4 Å². The van der Waals surface area contributed by atoms with Crippen LogP contribution in [0.15, 0.2) is 30.5 Å². The summed E-state index contributed by atoms with van der Waals surface area (Å²) in [5.41, 5.74) is 5.14. The number of benzene rings is 1. The highest BCUT2D eigenvalue weighted by atomic mass is 16.5. The van der Waals surface area contributed by atoms with Crippen LogP contribution in [0.2, 0.25) is 0 Å². The van der Waals surface area contributed by atoms with Gasteiger partial charge < -0.3 is 9.75 Å². The summed E-state index contributed by atoms with van der Waals surface area (Å²) in [4.78, 5) is 16.1. The molecule has 2 aromatic rings. The predicted octanol–water partition coefficient (Wildman–Crippen LogP) is 1.30. The van der Waals surface area contributed by atoms with Crippen LogP contribution in [0.4, 0.5) is 5.69 Å². The molecule has 3 rings (SSSR count). The summed E-state index contributed by atoms with van der Waals surface area (Å²) >= 11 is 0. The number of cyclic esters (lactones) is 1. The summed E-state index contributed by atoms with van der Waals surface area (Å²) in [6.45, 7) is 0.174. The quantitative estimate of drug-likeness (QED) is 0.690. The van der Waals surface area contributed by atoms with Crippen LogP contribution < -0.4 is 10.4 Å². The molecule has 5 nitrogen and oxygen atoms in total. The van der Waals surface area contributed by atoms with Crippen molar-refractivity contribution < 1.29 is 9.53 Å². The molecule has 1 aromatic heterocycles. The zero-order valence-corrected chi connectivity index (χ0v) is 9.30. The number of nitrogens with zero attached hydrogens (tertiary/aromatic N) is 2. The minimum Gasteiger partial charge on any atom is -0.444 e. The van der Waals surface area contributed by atoms with Crippen LogP contribution >= 0.6 is 0 Å². The number of pyridine rings is 1. The van der Waals surface area contributed by atoms with Crippen LogP contribution in [0.3, 0.4) is 0 Å². The number of fused-ring (bicyclic) bond motifs is 2. The van der Waals surface area contributed by atoms with Gasteiger partial charge in [0.1, 0.15) is 0 Å². The molecule has 5 heteroatoms. The molecule has 0 bridgehead atoms. The van der Waals surface area contributed by atoms with Crippen LogP contribution in [0, 0.1) is 0 Å². The van der Waals surface area contributed by atoms with Crippen molar-refractivity contribution in [3.8, 4) is 0 Å². The second-order valence-corrected chi connectivity index (χ2v) is 3.86. The van der Waals surface area contributed by atoms with Crippen LogP contribution in [-0.4, -0.2) is 24.7 Å². The lowest BCUT2D eigenvalue weighted by Gasteiger charge is -2.18. The molecule has 86 valence electrons. The number of carbonyl (C=O) groups excluding carboxylic acids is 1. The van der Waals surface area contributed by atoms with E-state index in [1.54, 1.807) is 11.2 Å². The Morgan fingerprint density at radius 2 is 2.35 bits per heavy atom. The van der Waals surface area contributed by atoms with E-state index in [0.717, 1.165) is 16.6 Å². The average Bonchev–Trinajstić information content (AvgIpc) is 2.48. The van der Waals surface area contributed by atoms with E-state index in [0.29, 0.717) is 5.56 Å². The third-order valence-electron chi connectivity index (χ3n) is 2.81. The Bertz CT molecular complexity index is 597. The largest absolute Gasteiger partial charge is 0.444 e. The summed E-state index contributed by atoms with van der Waals surface area (Å²) in [7, 11) is 1.84. The number of anilines is 1. The number of nitrogens with one attached hydrogen (secondary N) is 1. The summed E-state index contributed by atoms with van der Waals surface area (Å²) < 4.78 is 5.04. The highest BCUT2D eigenvalue weighted by Gasteiger charge is 2.20. The van der Waals surface area contributed by atoms with Crippen molar-refractivity contribution in [3.63, 3.8) is 0 Å². The van der Waals surface area contributed by atoms with E-state index in [-0.39, 0.29) is 12.7 Å². The third kappa shape index (κ3) is 1.60. The van der Waals surface area contributed by atoms with Crippen LogP contribution in [0.25, 0.3) is 10.9 Å². The Labute approximate surface area is 98.0 Å². The number of carbonyl (C=O) groups is 1. The van der Waals surface area contributed by atoms with Gasteiger partial charge in [0, 0.05) is 18.6 Å². The van der Waals surface area contributed by atoms with Gasteiger partial charge in [-0.1, -0.05) is 6.07 Å². The van der Waals surface area contributed by atoms with Gasteiger partial charge in [-0.25, -0.2) is 4.79 Å². The third-order valence-corrected chi connectivity index (χ3v) is 2.81. The van der Waals surface area contributed by atoms with E-state index in [2.05, 4.69) is 10.4 Å². The highest BCUT2D eigenvalue weighted by Crippen LogP contribution is 2.26. The molecule has 0 unspecified atom stereocenters. The monoisotopic (exact) mass is 229 g/mol. The zero-order chi connectivity index (χ0) is 11.8. The topological polar surface area (TPSA) is 54.5 Å². The SMILES string of the molecule is CN1NCOC(=O)c2cc3cccnc3cc21. The van der Waals surface area contributed by atoms with Gasteiger partial charge in [-0.15, -0.1) is 0 Å². The van der Waals surface area contributed by atoms with Gasteiger partial charge in [-0.05, 0) is 18.2 Å². The number of hydrogen-bond donors (Lipinski definition) is 1. The van der Waals surface area contributed by atoms with Gasteiger partial charge in [0.25, 0.3) is 0 Å². The van der Waals surface area contributed by atoms with Gasteiger partial charge >= 0.3 is 5.97 Å². The molecule has 0 atom stereocenters. The molecule has 0 aliphatic carbocycles. The Morgan fingerprint density at radius 1 is 1.47 bits per heavy atom. The van der Waals surface area contributed by atoms with Gasteiger partial charge in [0.2, 0.25) is 0 Å². The maximum Gasteiger partial charge on any atom is 0.341 e. The maximum absolute atomic E-state index is 11.8. The lowest BCUT2D eigenvalue weighted by Crippen LogP contribution is -2.34. The first-order chi connectivity index (χ1) is 8.25. The molecule has 1 aliphatic heterocycles. The molecule has 2 heterocycles. The van der Waals surface area contributed by atoms with Crippen molar-refractivity contribution >= 4 is 22.6 Å². The summed E-state index contributed by atoms with van der Waals surface area (Å²) in [5, 5.41) is 2.70. The first-order valence-electron chi connectivity index (χ1n) is 5.29. The maximum atomic E-state index is 11.8. The number of hydrogen-bond acceptors (Lipinski definition) is 5. The van der Waals surface area contributed by atoms with E-state index in [9.17, 15) is 4.79 Å². The molecule has 0 spiro atoms. The summed E-state index contributed by atoms with van der Waals surface area (Å²) in [6, 6.07) is 7.46. The lowest BCUT2D eigenvalue weighted by molar-refractivity contribution is 0.0487. The predicted molar refractivity (Wildman–Crippen MR) is 63.6 cm³/mol. The van der Waals surface area contributed by atoms with E-state index in [4.69, 9.17) is 4.74 Å². The van der Waals surface area contributed by atoms with Crippen LogP contribution in [0.1, 0.15) is 10.4 Å². The van der Waals surface area contributed by atoms with Crippen LogP contribution in [-0.2, 0) is 4.74 Å². The van der Waals surface area contributed by atoms with E-state index in [1.807, 2.05) is 31.3 Å². The molecule has 0 fully saturated rings. The van der Waals surface area contributed by atoms with E-state index in [1.165, 1.54) is 0 Å². The number of aromatic nitrogens is 1. The number of rotatable bonds is 0. The fraction of sp³-hybridized carbons (Fsp3) is 0.167. The second kappa shape index (κ2) is 3.71. The molecule has 0 saturated carbocycles. The van der Waals surface area contributed by atoms with E-state index < -0.39 is 0 Å². The minimum atomic E-state index is -0.317. The van der Waals surface area contributed by atoms with Crippen LogP contribution in [0.5, 0.6) is 0 Å². The Balaban J connectivity index is 2.29. The molecular formula is C12H11N3O2. The molecule has 0 saturated heterocycles. The molecule has 1 aromatic carbocycles. The van der Waals surface area contributed by atoms with Crippen molar-refractivity contribution in [1.29, 1.82) is 0 Å². The highest BCUT2D eigenvalue weighted by molar-refractivity contribution is 6.01. The number of ether oxygens (including phenoxy) is 1. The van der Waals surface area contributed by atoms with Gasteiger partial charge in [0.05, 0.1) is 16.8 Å². The van der Waals surface area contributed by atoms with Crippen molar-refractivity contribution in [2.24, 2.45) is 0 Å². The summed E-state index contributed by atoms with van der Waals surface area (Å²) in [5.74, 6) is -0.317. The smallest absolute Gasteiger partial charge is 0.341 e. The molecule has 17 heavy (non-hydrogen) atoms. The van der Waals surface area contributed by atoms with Gasteiger partial charge in [-0.2, -0.15) is 5.43 Å². The number of esters is 1.